The van der Waals surface area contributed by atoms with E-state index in [2.05, 4.69) is 5.32 Å². The van der Waals surface area contributed by atoms with Gasteiger partial charge in [-0.25, -0.2) is 0 Å². The van der Waals surface area contributed by atoms with Crippen LogP contribution < -0.4 is 10.1 Å². The Morgan fingerprint density at radius 2 is 1.59 bits per heavy atom. The van der Waals surface area contributed by atoms with Gasteiger partial charge in [-0.05, 0) is 48.4 Å². The second kappa shape index (κ2) is 10.8. The molecule has 0 aliphatic carbocycles. The van der Waals surface area contributed by atoms with Crippen molar-refractivity contribution in [3.05, 3.63) is 95.6 Å². The molecule has 3 aromatic carbocycles. The van der Waals surface area contributed by atoms with Gasteiger partial charge >= 0.3 is 6.18 Å². The number of ketones is 1. The molecule has 168 valence electrons. The SMILES string of the molecule is O=C(CCc1ccccc1)c1ccccc1OCC(O)CNc1ccc(C(F)(F)F)cc1. The third kappa shape index (κ3) is 6.85. The molecule has 3 aromatic rings. The summed E-state index contributed by atoms with van der Waals surface area (Å²) in [4.78, 5) is 12.7. The van der Waals surface area contributed by atoms with Gasteiger partial charge in [0.1, 0.15) is 18.5 Å². The molecular formula is C25H24F3NO3. The van der Waals surface area contributed by atoms with Crippen molar-refractivity contribution in [2.24, 2.45) is 0 Å². The predicted molar refractivity (Wildman–Crippen MR) is 117 cm³/mol. The fourth-order valence-electron chi connectivity index (χ4n) is 3.12. The molecule has 0 aliphatic rings. The first-order valence-corrected chi connectivity index (χ1v) is 10.2. The number of aryl methyl sites for hydroxylation is 1. The normalized spacial score (nSPS) is 12.2. The van der Waals surface area contributed by atoms with Gasteiger partial charge in [0, 0.05) is 18.7 Å². The van der Waals surface area contributed by atoms with Crippen molar-refractivity contribution in [1.82, 2.24) is 0 Å². The Labute approximate surface area is 184 Å². The number of anilines is 1. The number of aliphatic hydroxyl groups excluding tert-OH is 1. The Kier molecular flexibility index (Phi) is 7.89. The average molecular weight is 443 g/mol. The minimum absolute atomic E-state index is 0.0539. The van der Waals surface area contributed by atoms with Crippen molar-refractivity contribution in [3.8, 4) is 5.75 Å². The van der Waals surface area contributed by atoms with E-state index < -0.39 is 17.8 Å². The highest BCUT2D eigenvalue weighted by Crippen LogP contribution is 2.29. The lowest BCUT2D eigenvalue weighted by atomic mass is 10.0. The van der Waals surface area contributed by atoms with Crippen molar-refractivity contribution < 1.29 is 27.8 Å². The fourth-order valence-corrected chi connectivity index (χ4v) is 3.12. The van der Waals surface area contributed by atoms with Gasteiger partial charge in [0.05, 0.1) is 11.1 Å². The summed E-state index contributed by atoms with van der Waals surface area (Å²) in [5.74, 6) is 0.334. The summed E-state index contributed by atoms with van der Waals surface area (Å²) in [5, 5.41) is 13.1. The fraction of sp³-hybridized carbons (Fsp3) is 0.240. The Morgan fingerprint density at radius 3 is 2.28 bits per heavy atom. The topological polar surface area (TPSA) is 58.6 Å². The second-order valence-corrected chi connectivity index (χ2v) is 7.33. The molecule has 7 heteroatoms. The van der Waals surface area contributed by atoms with Crippen LogP contribution in [0.3, 0.4) is 0 Å². The summed E-state index contributed by atoms with van der Waals surface area (Å²) in [7, 11) is 0. The summed E-state index contributed by atoms with van der Waals surface area (Å²) >= 11 is 0. The maximum atomic E-state index is 12.7. The number of benzene rings is 3. The molecule has 3 rings (SSSR count). The molecule has 0 radical (unpaired) electrons. The van der Waals surface area contributed by atoms with E-state index in [-0.39, 0.29) is 18.9 Å². The van der Waals surface area contributed by atoms with Gasteiger partial charge in [-0.1, -0.05) is 42.5 Å². The number of hydrogen-bond donors (Lipinski definition) is 2. The zero-order chi connectivity index (χ0) is 23.0. The predicted octanol–water partition coefficient (Wildman–Crippen LogP) is 5.37. The number of nitrogens with one attached hydrogen (secondary N) is 1. The van der Waals surface area contributed by atoms with Gasteiger partial charge in [0.25, 0.3) is 0 Å². The van der Waals surface area contributed by atoms with Crippen molar-refractivity contribution in [1.29, 1.82) is 0 Å². The van der Waals surface area contributed by atoms with Crippen LogP contribution in [0.5, 0.6) is 5.75 Å². The largest absolute Gasteiger partial charge is 0.490 e. The number of Topliss-reactive ketones (excluding diaryl/α,β-unsaturated/α-hetero) is 1. The third-order valence-electron chi connectivity index (χ3n) is 4.86. The van der Waals surface area contributed by atoms with Crippen molar-refractivity contribution in [3.63, 3.8) is 0 Å². The second-order valence-electron chi connectivity index (χ2n) is 7.33. The Balaban J connectivity index is 1.50. The molecule has 0 saturated carbocycles. The van der Waals surface area contributed by atoms with Crippen LogP contribution in [-0.2, 0) is 12.6 Å². The molecule has 1 unspecified atom stereocenters. The van der Waals surface area contributed by atoms with Crippen LogP contribution in [0.1, 0.15) is 27.9 Å². The van der Waals surface area contributed by atoms with Crippen LogP contribution >= 0.6 is 0 Å². The summed E-state index contributed by atoms with van der Waals surface area (Å²) in [6.45, 7) is 0.00605. The number of alkyl halides is 3. The molecule has 32 heavy (non-hydrogen) atoms. The molecule has 1 atom stereocenters. The van der Waals surface area contributed by atoms with Crippen LogP contribution in [0.25, 0.3) is 0 Å². The maximum absolute atomic E-state index is 12.7. The number of carbonyl (C=O) groups excluding carboxylic acids is 1. The molecule has 0 spiro atoms. The number of aliphatic hydroxyl groups is 1. The lowest BCUT2D eigenvalue weighted by Crippen LogP contribution is -2.26. The van der Waals surface area contributed by atoms with Crippen LogP contribution in [0.2, 0.25) is 0 Å². The monoisotopic (exact) mass is 443 g/mol. The molecule has 0 bridgehead atoms. The van der Waals surface area contributed by atoms with Gasteiger partial charge in [0.15, 0.2) is 5.78 Å². The van der Waals surface area contributed by atoms with E-state index in [1.54, 1.807) is 24.3 Å². The number of rotatable bonds is 10. The standard InChI is InChI=1S/C25H24F3NO3/c26-25(27,28)19-11-13-20(14-12-19)29-16-21(30)17-32-24-9-5-4-8-22(24)23(31)15-10-18-6-2-1-3-7-18/h1-9,11-14,21,29-30H,10,15-17H2. The highest BCUT2D eigenvalue weighted by molar-refractivity contribution is 5.98. The number of ether oxygens (including phenoxy) is 1. The summed E-state index contributed by atoms with van der Waals surface area (Å²) in [6, 6.07) is 21.1. The number of hydrogen-bond acceptors (Lipinski definition) is 4. The number of halogens is 3. The molecule has 0 saturated heterocycles. The summed E-state index contributed by atoms with van der Waals surface area (Å²) in [5.41, 5.74) is 1.24. The number of carbonyl (C=O) groups is 1. The van der Waals surface area contributed by atoms with E-state index in [9.17, 15) is 23.1 Å². The van der Waals surface area contributed by atoms with E-state index in [0.717, 1.165) is 17.7 Å². The molecule has 0 amide bonds. The van der Waals surface area contributed by atoms with Crippen molar-refractivity contribution >= 4 is 11.5 Å². The first kappa shape index (κ1) is 23.3. The van der Waals surface area contributed by atoms with Gasteiger partial charge in [-0.15, -0.1) is 0 Å². The smallest absolute Gasteiger partial charge is 0.416 e. The zero-order valence-corrected chi connectivity index (χ0v) is 17.3. The van der Waals surface area contributed by atoms with Crippen LogP contribution in [0.4, 0.5) is 18.9 Å². The van der Waals surface area contributed by atoms with Gasteiger partial charge in [-0.3, -0.25) is 4.79 Å². The first-order chi connectivity index (χ1) is 15.3. The van der Waals surface area contributed by atoms with Crippen molar-refractivity contribution in [2.75, 3.05) is 18.5 Å². The van der Waals surface area contributed by atoms with Crippen LogP contribution in [-0.4, -0.2) is 30.1 Å². The van der Waals surface area contributed by atoms with E-state index in [0.29, 0.717) is 29.8 Å². The quantitative estimate of drug-likeness (QED) is 0.414. The molecular weight excluding hydrogens is 419 g/mol. The molecule has 4 nitrogen and oxygen atoms in total. The third-order valence-corrected chi connectivity index (χ3v) is 4.86. The summed E-state index contributed by atoms with van der Waals surface area (Å²) < 4.78 is 43.5. The van der Waals surface area contributed by atoms with E-state index >= 15 is 0 Å². The van der Waals surface area contributed by atoms with Crippen LogP contribution in [0.15, 0.2) is 78.9 Å². The van der Waals surface area contributed by atoms with Crippen molar-refractivity contribution in [2.45, 2.75) is 25.1 Å². The molecule has 0 fully saturated rings. The number of para-hydroxylation sites is 1. The lowest BCUT2D eigenvalue weighted by molar-refractivity contribution is -0.137. The highest BCUT2D eigenvalue weighted by Gasteiger charge is 2.29. The first-order valence-electron chi connectivity index (χ1n) is 10.2. The zero-order valence-electron chi connectivity index (χ0n) is 17.3. The lowest BCUT2D eigenvalue weighted by Gasteiger charge is -2.16. The van der Waals surface area contributed by atoms with Gasteiger partial charge < -0.3 is 15.2 Å². The molecule has 0 heterocycles. The summed E-state index contributed by atoms with van der Waals surface area (Å²) in [6.07, 6.45) is -4.36. The van der Waals surface area contributed by atoms with Crippen LogP contribution in [0, 0.1) is 0 Å². The highest BCUT2D eigenvalue weighted by atomic mass is 19.4. The Bertz CT molecular complexity index is 1000. The minimum Gasteiger partial charge on any atom is -0.490 e. The maximum Gasteiger partial charge on any atom is 0.416 e. The minimum atomic E-state index is -4.39. The molecule has 0 aliphatic heterocycles. The van der Waals surface area contributed by atoms with E-state index in [1.807, 2.05) is 30.3 Å². The van der Waals surface area contributed by atoms with Gasteiger partial charge in [-0.2, -0.15) is 13.2 Å². The molecule has 2 N–H and O–H groups in total. The Hall–Kier alpha value is -3.32. The van der Waals surface area contributed by atoms with Gasteiger partial charge in [0.2, 0.25) is 0 Å². The average Bonchev–Trinajstić information content (AvgIpc) is 2.80. The van der Waals surface area contributed by atoms with E-state index in [4.69, 9.17) is 4.74 Å². The molecule has 0 aromatic heterocycles. The Morgan fingerprint density at radius 1 is 0.938 bits per heavy atom. The van der Waals surface area contributed by atoms with E-state index in [1.165, 1.54) is 12.1 Å².